The Morgan fingerprint density at radius 2 is 1.49 bits per heavy atom. The monoisotopic (exact) mass is 584 g/mol. The Bertz CT molecular complexity index is 1610. The van der Waals surface area contributed by atoms with Gasteiger partial charge in [-0.2, -0.15) is 0 Å². The van der Waals surface area contributed by atoms with Crippen molar-refractivity contribution in [3.8, 4) is 0 Å². The Hall–Kier alpha value is -3.24. The number of nitrogens with zero attached hydrogens (tertiary/aromatic N) is 1. The molecule has 6 rings (SSSR count). The van der Waals surface area contributed by atoms with Crippen molar-refractivity contribution in [2.45, 2.75) is 50.7 Å². The van der Waals surface area contributed by atoms with Crippen LogP contribution in [-0.2, 0) is 38.8 Å². The van der Waals surface area contributed by atoms with E-state index in [1.807, 2.05) is 60.0 Å². The molecule has 3 heterocycles. The highest BCUT2D eigenvalue weighted by molar-refractivity contribution is 7.71. The third-order valence-corrected chi connectivity index (χ3v) is 8.81. The number of benzene rings is 3. The van der Waals surface area contributed by atoms with E-state index in [9.17, 15) is 0 Å². The van der Waals surface area contributed by atoms with Crippen LogP contribution in [0.3, 0.4) is 0 Å². The molecule has 0 spiro atoms. The molecule has 1 N–H and O–H groups in total. The Morgan fingerprint density at radius 3 is 2.15 bits per heavy atom. The van der Waals surface area contributed by atoms with Crippen molar-refractivity contribution in [2.75, 3.05) is 6.61 Å². The lowest BCUT2D eigenvalue weighted by molar-refractivity contribution is -0.147. The van der Waals surface area contributed by atoms with Crippen molar-refractivity contribution < 1.29 is 18.9 Å². The third-order valence-electron chi connectivity index (χ3n) is 7.46. The maximum Gasteiger partial charge on any atom is 0.126 e. The van der Waals surface area contributed by atoms with Gasteiger partial charge in [0.15, 0.2) is 0 Å². The molecule has 0 bridgehead atoms. The normalized spacial score (nSPS) is 22.3. The molecular weight excluding hydrogens is 553 g/mol. The fourth-order valence-corrected chi connectivity index (χ4v) is 6.74. The number of hydrogen-bond donors (Lipinski definition) is 1. The molecule has 0 aliphatic carbocycles. The zero-order valence-electron chi connectivity index (χ0n) is 22.8. The predicted octanol–water partition coefficient (Wildman–Crippen LogP) is 7.57. The lowest BCUT2D eigenvalue weighted by Crippen LogP contribution is -2.47. The highest BCUT2D eigenvalue weighted by Gasteiger charge is 2.57. The molecule has 210 valence electrons. The van der Waals surface area contributed by atoms with Crippen LogP contribution in [0.4, 0.5) is 0 Å². The molecule has 5 aromatic rings. The molecule has 2 aromatic heterocycles. The summed E-state index contributed by atoms with van der Waals surface area (Å²) in [5, 5.41) is 2.94. The molecule has 3 aromatic carbocycles. The van der Waals surface area contributed by atoms with Crippen LogP contribution in [0.5, 0.6) is 0 Å². The van der Waals surface area contributed by atoms with Crippen LogP contribution in [0.1, 0.15) is 34.6 Å². The van der Waals surface area contributed by atoms with E-state index in [2.05, 4.69) is 53.3 Å². The Labute approximate surface area is 248 Å². The SMILES string of the molecule is C[C@@]1(OCc2ccccc2)[C@H](OCc2ccccc2)[C@@H](COCc2ccccc2)O[C@H]1c1scc2c(=S)[nH]cnc12. The Morgan fingerprint density at radius 1 is 0.878 bits per heavy atom. The van der Waals surface area contributed by atoms with E-state index >= 15 is 0 Å². The maximum atomic E-state index is 6.85. The zero-order chi connectivity index (χ0) is 28.1. The first kappa shape index (κ1) is 27.9. The van der Waals surface area contributed by atoms with Crippen LogP contribution in [0.2, 0.25) is 0 Å². The number of aromatic amines is 1. The van der Waals surface area contributed by atoms with Crippen molar-refractivity contribution in [3.05, 3.63) is 129 Å². The second-order valence-electron chi connectivity index (χ2n) is 10.3. The number of ether oxygens (including phenoxy) is 4. The first-order valence-corrected chi connectivity index (χ1v) is 15.0. The van der Waals surface area contributed by atoms with Gasteiger partial charge in [0.05, 0.1) is 43.1 Å². The van der Waals surface area contributed by atoms with Gasteiger partial charge in [0.2, 0.25) is 0 Å². The average Bonchev–Trinajstić information content (AvgIpc) is 3.56. The average molecular weight is 585 g/mol. The van der Waals surface area contributed by atoms with E-state index in [1.165, 1.54) is 0 Å². The van der Waals surface area contributed by atoms with Gasteiger partial charge in [-0.3, -0.25) is 0 Å². The summed E-state index contributed by atoms with van der Waals surface area (Å²) in [6.45, 7) is 3.76. The van der Waals surface area contributed by atoms with Crippen molar-refractivity contribution in [1.82, 2.24) is 9.97 Å². The largest absolute Gasteiger partial charge is 0.374 e. The van der Waals surface area contributed by atoms with Crippen LogP contribution in [0.15, 0.2) is 103 Å². The van der Waals surface area contributed by atoms with Crippen molar-refractivity contribution in [1.29, 1.82) is 0 Å². The fraction of sp³-hybridized carbons (Fsp3) is 0.273. The summed E-state index contributed by atoms with van der Waals surface area (Å²) in [5.74, 6) is 0. The zero-order valence-corrected chi connectivity index (χ0v) is 24.4. The molecule has 1 saturated heterocycles. The second-order valence-corrected chi connectivity index (χ2v) is 11.6. The second kappa shape index (κ2) is 12.7. The molecule has 1 aliphatic heterocycles. The van der Waals surface area contributed by atoms with Crippen LogP contribution < -0.4 is 0 Å². The van der Waals surface area contributed by atoms with E-state index in [1.54, 1.807) is 17.7 Å². The van der Waals surface area contributed by atoms with Gasteiger partial charge in [0.1, 0.15) is 28.6 Å². The minimum absolute atomic E-state index is 0.353. The Kier molecular flexibility index (Phi) is 8.67. The fourth-order valence-electron chi connectivity index (χ4n) is 5.30. The van der Waals surface area contributed by atoms with Gasteiger partial charge in [-0.15, -0.1) is 11.3 Å². The van der Waals surface area contributed by atoms with Crippen molar-refractivity contribution >= 4 is 34.5 Å². The molecule has 0 radical (unpaired) electrons. The Balaban J connectivity index is 1.34. The third kappa shape index (κ3) is 6.18. The minimum atomic E-state index is -0.841. The van der Waals surface area contributed by atoms with Crippen LogP contribution in [0.25, 0.3) is 10.9 Å². The van der Waals surface area contributed by atoms with Crippen LogP contribution in [-0.4, -0.2) is 34.4 Å². The van der Waals surface area contributed by atoms with Crippen molar-refractivity contribution in [2.24, 2.45) is 0 Å². The molecule has 0 unspecified atom stereocenters. The van der Waals surface area contributed by atoms with Gasteiger partial charge in [-0.1, -0.05) is 103 Å². The van der Waals surface area contributed by atoms with Gasteiger partial charge >= 0.3 is 0 Å². The van der Waals surface area contributed by atoms with Crippen LogP contribution >= 0.6 is 23.6 Å². The molecule has 4 atom stereocenters. The van der Waals surface area contributed by atoms with Gasteiger partial charge in [0, 0.05) is 10.8 Å². The number of nitrogens with one attached hydrogen (secondary N) is 1. The lowest BCUT2D eigenvalue weighted by atomic mass is 9.90. The summed E-state index contributed by atoms with van der Waals surface area (Å²) >= 11 is 7.14. The van der Waals surface area contributed by atoms with E-state index < -0.39 is 17.8 Å². The summed E-state index contributed by atoms with van der Waals surface area (Å²) in [7, 11) is 0. The summed E-state index contributed by atoms with van der Waals surface area (Å²) < 4.78 is 27.3. The van der Waals surface area contributed by atoms with E-state index in [0.29, 0.717) is 31.1 Å². The van der Waals surface area contributed by atoms with Crippen LogP contribution in [0, 0.1) is 4.64 Å². The van der Waals surface area contributed by atoms with Gasteiger partial charge in [-0.25, -0.2) is 4.98 Å². The van der Waals surface area contributed by atoms with Gasteiger partial charge in [-0.05, 0) is 23.6 Å². The summed E-state index contributed by atoms with van der Waals surface area (Å²) in [6.07, 6.45) is 0.414. The molecular formula is C33H32N2O4S2. The molecule has 0 saturated carbocycles. The number of aromatic nitrogens is 2. The first-order chi connectivity index (χ1) is 20.1. The number of H-pyrrole nitrogens is 1. The quantitative estimate of drug-likeness (QED) is 0.162. The standard InChI is InChI=1S/C33H32N2O4S2/c1-33(38-19-25-15-9-4-10-16-25)30(37-18-24-13-7-3-8-14-24)27(20-36-17-23-11-5-2-6-12-23)39-31(33)29-28-26(21-41-29)32(40)35-22-34-28/h2-16,21-22,27,30-31H,17-20H2,1H3,(H,34,35,40)/t27-,30-,31+,33-/m1/s1. The highest BCUT2D eigenvalue weighted by atomic mass is 32.1. The van der Waals surface area contributed by atoms with Gasteiger partial charge in [0.25, 0.3) is 0 Å². The van der Waals surface area contributed by atoms with E-state index in [-0.39, 0.29) is 6.10 Å². The smallest absolute Gasteiger partial charge is 0.126 e. The molecule has 8 heteroatoms. The van der Waals surface area contributed by atoms with E-state index in [4.69, 9.17) is 31.2 Å². The summed E-state index contributed by atoms with van der Waals surface area (Å²) in [5.41, 5.74) is 3.25. The van der Waals surface area contributed by atoms with Crippen molar-refractivity contribution in [3.63, 3.8) is 0 Å². The molecule has 41 heavy (non-hydrogen) atoms. The summed E-state index contributed by atoms with van der Waals surface area (Å²) in [6, 6.07) is 30.5. The number of fused-ring (bicyclic) bond motifs is 1. The molecule has 6 nitrogen and oxygen atoms in total. The topological polar surface area (TPSA) is 65.6 Å². The van der Waals surface area contributed by atoms with E-state index in [0.717, 1.165) is 32.5 Å². The number of thiophene rings is 1. The highest BCUT2D eigenvalue weighted by Crippen LogP contribution is 2.49. The number of hydrogen-bond acceptors (Lipinski definition) is 7. The molecule has 0 amide bonds. The molecule has 1 fully saturated rings. The van der Waals surface area contributed by atoms with Gasteiger partial charge < -0.3 is 23.9 Å². The molecule has 1 aliphatic rings. The number of rotatable bonds is 11. The lowest BCUT2D eigenvalue weighted by Gasteiger charge is -2.35. The first-order valence-electron chi connectivity index (χ1n) is 13.7. The predicted molar refractivity (Wildman–Crippen MR) is 163 cm³/mol. The maximum absolute atomic E-state index is 6.85. The minimum Gasteiger partial charge on any atom is -0.374 e. The summed E-state index contributed by atoms with van der Waals surface area (Å²) in [4.78, 5) is 8.66.